The number of nitrogen functional groups attached to an aromatic ring is 1. The van der Waals surface area contributed by atoms with Gasteiger partial charge in [0, 0.05) is 17.6 Å². The Kier molecular flexibility index (Phi) is 2.86. The fourth-order valence-electron chi connectivity index (χ4n) is 2.24. The van der Waals surface area contributed by atoms with Gasteiger partial charge in [0.25, 0.3) is 0 Å². The Hall–Kier alpha value is -1.51. The third kappa shape index (κ3) is 1.66. The van der Waals surface area contributed by atoms with Crippen molar-refractivity contribution in [1.82, 2.24) is 9.38 Å². The van der Waals surface area contributed by atoms with E-state index < -0.39 is 0 Å². The first-order valence-corrected chi connectivity index (χ1v) is 5.93. The van der Waals surface area contributed by atoms with Gasteiger partial charge in [-0.15, -0.1) is 0 Å². The number of imidazole rings is 1. The number of hydrogen-bond donors (Lipinski definition) is 1. The lowest BCUT2D eigenvalue weighted by molar-refractivity contribution is 0.860. The van der Waals surface area contributed by atoms with Gasteiger partial charge in [0.2, 0.25) is 0 Å². The quantitative estimate of drug-likeness (QED) is 0.859. The smallest absolute Gasteiger partial charge is 0.140 e. The second-order valence-electron chi connectivity index (χ2n) is 4.26. The van der Waals surface area contributed by atoms with Gasteiger partial charge in [-0.2, -0.15) is 0 Å². The summed E-state index contributed by atoms with van der Waals surface area (Å²) >= 11 is 0. The highest BCUT2D eigenvalue weighted by Crippen LogP contribution is 2.20. The fourth-order valence-corrected chi connectivity index (χ4v) is 2.24. The van der Waals surface area contributed by atoms with E-state index in [4.69, 9.17) is 10.7 Å². The summed E-state index contributed by atoms with van der Waals surface area (Å²) in [6.07, 6.45) is 5.16. The second kappa shape index (κ2) is 4.16. The number of nitrogens with zero attached hydrogens (tertiary/aromatic N) is 2. The zero-order valence-corrected chi connectivity index (χ0v) is 10.2. The fraction of sp³-hybridized carbons (Fsp3) is 0.462. The van der Waals surface area contributed by atoms with Crippen LogP contribution in [0.25, 0.3) is 5.65 Å². The van der Waals surface area contributed by atoms with Gasteiger partial charge in [0.05, 0.1) is 5.69 Å². The van der Waals surface area contributed by atoms with E-state index in [0.29, 0.717) is 0 Å². The van der Waals surface area contributed by atoms with Crippen LogP contribution >= 0.6 is 0 Å². The minimum absolute atomic E-state index is 0.806. The van der Waals surface area contributed by atoms with Crippen LogP contribution in [-0.4, -0.2) is 9.38 Å². The molecule has 2 heterocycles. The zero-order valence-electron chi connectivity index (χ0n) is 10.2. The highest BCUT2D eigenvalue weighted by atomic mass is 15.0. The Labute approximate surface area is 96.3 Å². The first-order valence-electron chi connectivity index (χ1n) is 5.93. The maximum absolute atomic E-state index is 5.88. The topological polar surface area (TPSA) is 43.3 Å². The number of aromatic nitrogens is 2. The van der Waals surface area contributed by atoms with Gasteiger partial charge in [-0.25, -0.2) is 4.98 Å². The van der Waals surface area contributed by atoms with Gasteiger partial charge in [0.15, 0.2) is 0 Å². The molecule has 0 radical (unpaired) electrons. The maximum Gasteiger partial charge on any atom is 0.140 e. The van der Waals surface area contributed by atoms with E-state index in [9.17, 15) is 0 Å². The zero-order chi connectivity index (χ0) is 11.7. The summed E-state index contributed by atoms with van der Waals surface area (Å²) in [4.78, 5) is 4.72. The molecule has 0 saturated carbocycles. The van der Waals surface area contributed by atoms with Crippen LogP contribution < -0.4 is 5.73 Å². The van der Waals surface area contributed by atoms with E-state index in [1.165, 1.54) is 11.4 Å². The van der Waals surface area contributed by atoms with Crippen molar-refractivity contribution in [3.8, 4) is 0 Å². The molecule has 2 rings (SSSR count). The van der Waals surface area contributed by atoms with Crippen LogP contribution in [0.2, 0.25) is 0 Å². The van der Waals surface area contributed by atoms with Crippen LogP contribution in [0.4, 0.5) is 5.69 Å². The number of aryl methyl sites for hydroxylation is 3. The third-order valence-corrected chi connectivity index (χ3v) is 2.93. The normalized spacial score (nSPS) is 11.2. The minimum Gasteiger partial charge on any atom is -0.398 e. The molecular formula is C13H19N3. The van der Waals surface area contributed by atoms with Crippen molar-refractivity contribution in [3.63, 3.8) is 0 Å². The first kappa shape index (κ1) is 11.0. The van der Waals surface area contributed by atoms with Crippen LogP contribution in [-0.2, 0) is 12.8 Å². The molecule has 0 aliphatic rings. The van der Waals surface area contributed by atoms with Crippen LogP contribution in [0.1, 0.15) is 37.2 Å². The Morgan fingerprint density at radius 2 is 2.12 bits per heavy atom. The summed E-state index contributed by atoms with van der Waals surface area (Å²) < 4.78 is 2.15. The summed E-state index contributed by atoms with van der Waals surface area (Å²) in [5.41, 5.74) is 11.4. The summed E-state index contributed by atoms with van der Waals surface area (Å²) in [5.74, 6) is 0. The number of fused-ring (bicyclic) bond motifs is 1. The molecule has 0 aliphatic carbocycles. The average Bonchev–Trinajstić information content (AvgIpc) is 2.56. The molecule has 0 aromatic carbocycles. The molecule has 0 amide bonds. The van der Waals surface area contributed by atoms with E-state index >= 15 is 0 Å². The molecule has 16 heavy (non-hydrogen) atoms. The van der Waals surface area contributed by atoms with Crippen molar-refractivity contribution >= 4 is 11.3 Å². The van der Waals surface area contributed by atoms with E-state index in [-0.39, 0.29) is 0 Å². The molecule has 0 unspecified atom stereocenters. The van der Waals surface area contributed by atoms with Gasteiger partial charge in [0.1, 0.15) is 5.65 Å². The SMILES string of the molecule is CCCc1nc2c(C)cc(N)cn2c1CC. The van der Waals surface area contributed by atoms with Crippen molar-refractivity contribution in [3.05, 3.63) is 29.2 Å². The lowest BCUT2D eigenvalue weighted by Crippen LogP contribution is -1.97. The summed E-state index contributed by atoms with van der Waals surface area (Å²) in [6.45, 7) is 6.42. The molecule has 2 N–H and O–H groups in total. The molecule has 0 aliphatic heterocycles. The number of rotatable bonds is 3. The standard InChI is InChI=1S/C13H19N3/c1-4-6-11-12(5-2)16-8-10(14)7-9(3)13(16)15-11/h7-8H,4-6,14H2,1-3H3. The van der Waals surface area contributed by atoms with Crippen molar-refractivity contribution < 1.29 is 0 Å². The van der Waals surface area contributed by atoms with Crippen LogP contribution in [0, 0.1) is 6.92 Å². The van der Waals surface area contributed by atoms with Crippen LogP contribution in [0.3, 0.4) is 0 Å². The molecule has 3 nitrogen and oxygen atoms in total. The predicted molar refractivity (Wildman–Crippen MR) is 67.7 cm³/mol. The lowest BCUT2D eigenvalue weighted by Gasteiger charge is -2.03. The minimum atomic E-state index is 0.806. The molecule has 0 spiro atoms. The van der Waals surface area contributed by atoms with Gasteiger partial charge < -0.3 is 10.1 Å². The molecule has 0 saturated heterocycles. The number of pyridine rings is 1. The summed E-state index contributed by atoms with van der Waals surface area (Å²) in [7, 11) is 0. The maximum atomic E-state index is 5.88. The van der Waals surface area contributed by atoms with E-state index in [2.05, 4.69) is 25.2 Å². The van der Waals surface area contributed by atoms with Gasteiger partial charge in [-0.3, -0.25) is 0 Å². The molecule has 0 fully saturated rings. The van der Waals surface area contributed by atoms with Crippen molar-refractivity contribution in [2.75, 3.05) is 5.73 Å². The number of anilines is 1. The van der Waals surface area contributed by atoms with Crippen molar-refractivity contribution in [1.29, 1.82) is 0 Å². The molecule has 3 heteroatoms. The third-order valence-electron chi connectivity index (χ3n) is 2.93. The predicted octanol–water partition coefficient (Wildman–Crippen LogP) is 2.74. The lowest BCUT2D eigenvalue weighted by atomic mass is 10.2. The molecule has 0 bridgehead atoms. The Morgan fingerprint density at radius 3 is 2.75 bits per heavy atom. The van der Waals surface area contributed by atoms with E-state index in [1.54, 1.807) is 0 Å². The number of nitrogens with two attached hydrogens (primary N) is 1. The van der Waals surface area contributed by atoms with Crippen molar-refractivity contribution in [2.24, 2.45) is 0 Å². The Morgan fingerprint density at radius 1 is 1.38 bits per heavy atom. The first-order chi connectivity index (χ1) is 7.67. The Bertz CT molecular complexity index is 511. The second-order valence-corrected chi connectivity index (χ2v) is 4.26. The van der Waals surface area contributed by atoms with Gasteiger partial charge >= 0.3 is 0 Å². The molecule has 0 atom stereocenters. The monoisotopic (exact) mass is 217 g/mol. The van der Waals surface area contributed by atoms with Gasteiger partial charge in [-0.1, -0.05) is 20.3 Å². The summed E-state index contributed by atoms with van der Waals surface area (Å²) in [5, 5.41) is 0. The Balaban J connectivity index is 2.71. The summed E-state index contributed by atoms with van der Waals surface area (Å²) in [6, 6.07) is 1.98. The highest BCUT2D eigenvalue weighted by molar-refractivity contribution is 5.56. The molecule has 86 valence electrons. The van der Waals surface area contributed by atoms with E-state index in [0.717, 1.165) is 36.2 Å². The number of hydrogen-bond acceptors (Lipinski definition) is 2. The largest absolute Gasteiger partial charge is 0.398 e. The van der Waals surface area contributed by atoms with Crippen molar-refractivity contribution in [2.45, 2.75) is 40.0 Å². The highest BCUT2D eigenvalue weighted by Gasteiger charge is 2.11. The van der Waals surface area contributed by atoms with Crippen LogP contribution in [0.5, 0.6) is 0 Å². The van der Waals surface area contributed by atoms with E-state index in [1.807, 2.05) is 12.3 Å². The van der Waals surface area contributed by atoms with Gasteiger partial charge in [-0.05, 0) is 31.4 Å². The molecule has 2 aromatic heterocycles. The average molecular weight is 217 g/mol. The molecular weight excluding hydrogens is 198 g/mol. The molecule has 2 aromatic rings. The van der Waals surface area contributed by atoms with Crippen LogP contribution in [0.15, 0.2) is 12.3 Å².